The third kappa shape index (κ3) is 5.22. The van der Waals surface area contributed by atoms with Crippen molar-refractivity contribution in [1.29, 1.82) is 0 Å². The van der Waals surface area contributed by atoms with Gasteiger partial charge in [-0.05, 0) is 37.5 Å². The van der Waals surface area contributed by atoms with Crippen LogP contribution in [0.1, 0.15) is 58.1 Å². The van der Waals surface area contributed by atoms with Crippen molar-refractivity contribution in [2.75, 3.05) is 0 Å². The highest BCUT2D eigenvalue weighted by Gasteiger charge is 2.12. The average molecular weight is 298 g/mol. The number of benzene rings is 1. The van der Waals surface area contributed by atoms with E-state index in [2.05, 4.69) is 66.3 Å². The quantitative estimate of drug-likeness (QED) is 0.741. The molecule has 1 N–H and O–H groups in total. The minimum absolute atomic E-state index is 0.472. The van der Waals surface area contributed by atoms with Gasteiger partial charge in [-0.3, -0.25) is 0 Å². The van der Waals surface area contributed by atoms with E-state index >= 15 is 0 Å². The standard InChI is InChI=1S/C15H24BrN/c1-4-6-8-12(3)17-15(5-2)13-9-7-10-14(16)11-13/h7,9-12,15,17H,4-6,8H2,1-3H3. The molecule has 2 atom stereocenters. The summed E-state index contributed by atoms with van der Waals surface area (Å²) in [6.07, 6.45) is 4.98. The summed E-state index contributed by atoms with van der Waals surface area (Å²) in [5.41, 5.74) is 1.38. The highest BCUT2D eigenvalue weighted by atomic mass is 79.9. The summed E-state index contributed by atoms with van der Waals surface area (Å²) in [5.74, 6) is 0. The highest BCUT2D eigenvalue weighted by molar-refractivity contribution is 9.10. The Morgan fingerprint density at radius 3 is 2.65 bits per heavy atom. The normalized spacial score (nSPS) is 14.6. The fraction of sp³-hybridized carbons (Fsp3) is 0.600. The molecule has 1 nitrogen and oxygen atoms in total. The second-order valence-corrected chi connectivity index (χ2v) is 5.64. The van der Waals surface area contributed by atoms with Crippen LogP contribution in [0.2, 0.25) is 0 Å². The predicted molar refractivity (Wildman–Crippen MR) is 79.3 cm³/mol. The molecule has 0 aromatic heterocycles. The summed E-state index contributed by atoms with van der Waals surface area (Å²) in [6, 6.07) is 9.68. The maximum atomic E-state index is 3.72. The van der Waals surface area contributed by atoms with Gasteiger partial charge in [-0.1, -0.05) is 54.8 Å². The Labute approximate surface area is 114 Å². The summed E-state index contributed by atoms with van der Waals surface area (Å²) < 4.78 is 1.16. The lowest BCUT2D eigenvalue weighted by atomic mass is 10.0. The third-order valence-electron chi connectivity index (χ3n) is 3.14. The van der Waals surface area contributed by atoms with Gasteiger partial charge in [0.2, 0.25) is 0 Å². The first-order valence-electron chi connectivity index (χ1n) is 6.68. The lowest BCUT2D eigenvalue weighted by molar-refractivity contribution is 0.418. The zero-order chi connectivity index (χ0) is 12.7. The fourth-order valence-electron chi connectivity index (χ4n) is 2.11. The molecule has 0 radical (unpaired) electrons. The number of halogens is 1. The van der Waals surface area contributed by atoms with E-state index in [-0.39, 0.29) is 0 Å². The first-order valence-corrected chi connectivity index (χ1v) is 7.48. The van der Waals surface area contributed by atoms with Crippen LogP contribution in [0.5, 0.6) is 0 Å². The van der Waals surface area contributed by atoms with Gasteiger partial charge < -0.3 is 5.32 Å². The molecule has 2 heteroatoms. The van der Waals surface area contributed by atoms with Crippen molar-refractivity contribution in [1.82, 2.24) is 5.32 Å². The second-order valence-electron chi connectivity index (χ2n) is 4.73. The number of hydrogen-bond donors (Lipinski definition) is 1. The van der Waals surface area contributed by atoms with Crippen molar-refractivity contribution in [2.45, 2.75) is 58.5 Å². The van der Waals surface area contributed by atoms with E-state index in [0.29, 0.717) is 12.1 Å². The lowest BCUT2D eigenvalue weighted by Crippen LogP contribution is -2.30. The highest BCUT2D eigenvalue weighted by Crippen LogP contribution is 2.21. The van der Waals surface area contributed by atoms with Crippen molar-refractivity contribution in [3.63, 3.8) is 0 Å². The number of rotatable bonds is 7. The molecule has 1 rings (SSSR count). The Kier molecular flexibility index (Phi) is 6.83. The van der Waals surface area contributed by atoms with Crippen molar-refractivity contribution < 1.29 is 0 Å². The minimum Gasteiger partial charge on any atom is -0.307 e. The molecule has 1 aromatic carbocycles. The van der Waals surface area contributed by atoms with E-state index in [1.807, 2.05) is 0 Å². The van der Waals surface area contributed by atoms with Gasteiger partial charge in [-0.25, -0.2) is 0 Å². The summed E-state index contributed by atoms with van der Waals surface area (Å²) in [6.45, 7) is 6.78. The molecule has 96 valence electrons. The van der Waals surface area contributed by atoms with Gasteiger partial charge in [0, 0.05) is 16.6 Å². The molecule has 0 fully saturated rings. The van der Waals surface area contributed by atoms with E-state index in [9.17, 15) is 0 Å². The zero-order valence-corrected chi connectivity index (χ0v) is 12.8. The number of hydrogen-bond acceptors (Lipinski definition) is 1. The minimum atomic E-state index is 0.472. The monoisotopic (exact) mass is 297 g/mol. The number of nitrogens with one attached hydrogen (secondary N) is 1. The molecule has 17 heavy (non-hydrogen) atoms. The largest absolute Gasteiger partial charge is 0.307 e. The molecule has 0 bridgehead atoms. The van der Waals surface area contributed by atoms with Gasteiger partial charge in [0.15, 0.2) is 0 Å². The maximum absolute atomic E-state index is 3.72. The molecule has 0 amide bonds. The fourth-order valence-corrected chi connectivity index (χ4v) is 2.53. The van der Waals surface area contributed by atoms with E-state index < -0.39 is 0 Å². The molecule has 0 aliphatic rings. The van der Waals surface area contributed by atoms with Gasteiger partial charge in [0.25, 0.3) is 0 Å². The first-order chi connectivity index (χ1) is 8.17. The Balaban J connectivity index is 2.59. The predicted octanol–water partition coefficient (Wildman–Crippen LogP) is 5.07. The van der Waals surface area contributed by atoms with Gasteiger partial charge in [0.1, 0.15) is 0 Å². The van der Waals surface area contributed by atoms with Crippen molar-refractivity contribution in [3.05, 3.63) is 34.3 Å². The Morgan fingerprint density at radius 1 is 1.29 bits per heavy atom. The molecule has 0 aliphatic heterocycles. The second kappa shape index (κ2) is 7.88. The van der Waals surface area contributed by atoms with Crippen LogP contribution in [-0.4, -0.2) is 6.04 Å². The van der Waals surface area contributed by atoms with E-state index in [1.165, 1.54) is 24.8 Å². The van der Waals surface area contributed by atoms with Crippen LogP contribution in [0.3, 0.4) is 0 Å². The lowest BCUT2D eigenvalue weighted by Gasteiger charge is -2.23. The van der Waals surface area contributed by atoms with Crippen molar-refractivity contribution in [2.24, 2.45) is 0 Å². The Morgan fingerprint density at radius 2 is 2.06 bits per heavy atom. The van der Waals surface area contributed by atoms with Crippen LogP contribution in [0.25, 0.3) is 0 Å². The summed E-state index contributed by atoms with van der Waals surface area (Å²) in [5, 5.41) is 3.72. The third-order valence-corrected chi connectivity index (χ3v) is 3.63. The smallest absolute Gasteiger partial charge is 0.0320 e. The Hall–Kier alpha value is -0.340. The molecular formula is C15H24BrN. The molecule has 0 saturated carbocycles. The molecule has 2 unspecified atom stereocenters. The molecule has 0 spiro atoms. The van der Waals surface area contributed by atoms with Crippen LogP contribution in [-0.2, 0) is 0 Å². The number of unbranched alkanes of at least 4 members (excludes halogenated alkanes) is 1. The van der Waals surface area contributed by atoms with Crippen LogP contribution >= 0.6 is 15.9 Å². The van der Waals surface area contributed by atoms with E-state index in [0.717, 1.165) is 10.9 Å². The molecule has 0 heterocycles. The van der Waals surface area contributed by atoms with Crippen LogP contribution in [0, 0.1) is 0 Å². The van der Waals surface area contributed by atoms with E-state index in [4.69, 9.17) is 0 Å². The van der Waals surface area contributed by atoms with Gasteiger partial charge >= 0.3 is 0 Å². The van der Waals surface area contributed by atoms with Crippen molar-refractivity contribution >= 4 is 15.9 Å². The van der Waals surface area contributed by atoms with Gasteiger partial charge in [-0.15, -0.1) is 0 Å². The molecule has 1 aromatic rings. The average Bonchev–Trinajstić information content (AvgIpc) is 2.33. The summed E-state index contributed by atoms with van der Waals surface area (Å²) in [4.78, 5) is 0. The molecular weight excluding hydrogens is 274 g/mol. The maximum Gasteiger partial charge on any atom is 0.0320 e. The SMILES string of the molecule is CCCCC(C)NC(CC)c1cccc(Br)c1. The van der Waals surface area contributed by atoms with Gasteiger partial charge in [-0.2, -0.15) is 0 Å². The zero-order valence-electron chi connectivity index (χ0n) is 11.2. The topological polar surface area (TPSA) is 12.0 Å². The molecule has 0 aliphatic carbocycles. The first kappa shape index (κ1) is 14.7. The molecule has 0 saturated heterocycles. The van der Waals surface area contributed by atoms with E-state index in [1.54, 1.807) is 0 Å². The summed E-state index contributed by atoms with van der Waals surface area (Å²) >= 11 is 3.54. The summed E-state index contributed by atoms with van der Waals surface area (Å²) in [7, 11) is 0. The van der Waals surface area contributed by atoms with Crippen LogP contribution in [0.15, 0.2) is 28.7 Å². The van der Waals surface area contributed by atoms with Crippen molar-refractivity contribution in [3.8, 4) is 0 Å². The van der Waals surface area contributed by atoms with Crippen LogP contribution < -0.4 is 5.32 Å². The Bertz CT molecular complexity index is 324. The van der Waals surface area contributed by atoms with Gasteiger partial charge in [0.05, 0.1) is 0 Å². The van der Waals surface area contributed by atoms with Crippen LogP contribution in [0.4, 0.5) is 0 Å².